The molecule has 2 aromatic rings. The summed E-state index contributed by atoms with van der Waals surface area (Å²) in [5.41, 5.74) is 3.23. The quantitative estimate of drug-likeness (QED) is 0.521. The number of rotatable bonds is 6. The molecule has 8 nitrogen and oxygen atoms in total. The van der Waals surface area contributed by atoms with Crippen molar-refractivity contribution in [2.45, 2.75) is 19.4 Å². The van der Waals surface area contributed by atoms with Gasteiger partial charge in [-0.05, 0) is 36.2 Å². The van der Waals surface area contributed by atoms with E-state index < -0.39 is 0 Å². The van der Waals surface area contributed by atoms with Crippen molar-refractivity contribution in [3.8, 4) is 0 Å². The van der Waals surface area contributed by atoms with E-state index in [-0.39, 0.29) is 18.4 Å². The van der Waals surface area contributed by atoms with E-state index in [0.29, 0.717) is 32.0 Å². The number of para-hydroxylation sites is 1. The monoisotopic (exact) mass is 448 g/mol. The minimum atomic E-state index is 0.0743. The Morgan fingerprint density at radius 3 is 2.27 bits per heavy atom. The molecule has 0 aromatic heterocycles. The highest BCUT2D eigenvalue weighted by atomic mass is 16.2. The topological polar surface area (TPSA) is 80.3 Å². The van der Waals surface area contributed by atoms with Gasteiger partial charge in [-0.15, -0.1) is 0 Å². The molecule has 0 saturated carbocycles. The highest BCUT2D eigenvalue weighted by Crippen LogP contribution is 2.21. The first-order chi connectivity index (χ1) is 16.1. The Morgan fingerprint density at radius 2 is 1.64 bits per heavy atom. The summed E-state index contributed by atoms with van der Waals surface area (Å²) in [5, 5.41) is 6.37. The van der Waals surface area contributed by atoms with Crippen molar-refractivity contribution in [1.82, 2.24) is 15.5 Å². The second-order valence-electron chi connectivity index (χ2n) is 8.30. The smallest absolute Gasteiger partial charge is 0.242 e. The number of hydrogen-bond donors (Lipinski definition) is 2. The van der Waals surface area contributed by atoms with Crippen LogP contribution in [0.25, 0.3) is 0 Å². The summed E-state index contributed by atoms with van der Waals surface area (Å²) in [6.45, 7) is 4.69. The molecule has 2 aliphatic rings. The molecule has 2 N–H and O–H groups in total. The predicted molar refractivity (Wildman–Crippen MR) is 131 cm³/mol. The Morgan fingerprint density at radius 1 is 0.909 bits per heavy atom. The number of hydrogen-bond acceptors (Lipinski definition) is 4. The van der Waals surface area contributed by atoms with Gasteiger partial charge in [-0.1, -0.05) is 30.3 Å². The average Bonchev–Trinajstić information content (AvgIpc) is 3.30. The predicted octanol–water partition coefficient (Wildman–Crippen LogP) is 1.83. The van der Waals surface area contributed by atoms with Gasteiger partial charge in [-0.2, -0.15) is 0 Å². The Labute approximate surface area is 195 Å². The molecule has 2 amide bonds. The first-order valence-electron chi connectivity index (χ1n) is 11.6. The molecule has 0 spiro atoms. The van der Waals surface area contributed by atoms with Crippen molar-refractivity contribution in [3.63, 3.8) is 0 Å². The van der Waals surface area contributed by atoms with Gasteiger partial charge in [0.2, 0.25) is 11.8 Å². The molecule has 0 unspecified atom stereocenters. The summed E-state index contributed by atoms with van der Waals surface area (Å²) in [4.78, 5) is 34.8. The van der Waals surface area contributed by atoms with Crippen LogP contribution in [0.15, 0.2) is 59.6 Å². The third-order valence-corrected chi connectivity index (χ3v) is 6.17. The average molecular weight is 449 g/mol. The number of nitrogens with one attached hydrogen (secondary N) is 2. The summed E-state index contributed by atoms with van der Waals surface area (Å²) < 4.78 is 0. The largest absolute Gasteiger partial charge is 0.368 e. The van der Waals surface area contributed by atoms with Crippen LogP contribution in [0.2, 0.25) is 0 Å². The summed E-state index contributed by atoms with van der Waals surface area (Å²) in [5.74, 6) is 0.854. The van der Waals surface area contributed by atoms with Crippen molar-refractivity contribution in [3.05, 3.63) is 60.2 Å². The Kier molecular flexibility index (Phi) is 7.44. The first-order valence-corrected chi connectivity index (χ1v) is 11.6. The molecule has 0 aliphatic carbocycles. The van der Waals surface area contributed by atoms with Crippen LogP contribution in [-0.2, 0) is 16.1 Å². The fourth-order valence-electron chi connectivity index (χ4n) is 4.25. The van der Waals surface area contributed by atoms with E-state index in [0.717, 1.165) is 37.3 Å². The van der Waals surface area contributed by atoms with Crippen molar-refractivity contribution >= 4 is 29.1 Å². The van der Waals surface area contributed by atoms with Crippen molar-refractivity contribution in [1.29, 1.82) is 0 Å². The summed E-state index contributed by atoms with van der Waals surface area (Å²) >= 11 is 0. The molecule has 2 fully saturated rings. The number of carbonyl (C=O) groups excluding carboxylic acids is 2. The fourth-order valence-corrected chi connectivity index (χ4v) is 4.25. The lowest BCUT2D eigenvalue weighted by Gasteiger charge is -2.36. The fraction of sp³-hybridized carbons (Fsp3) is 0.400. The summed E-state index contributed by atoms with van der Waals surface area (Å²) in [6, 6.07) is 18.3. The van der Waals surface area contributed by atoms with Crippen LogP contribution >= 0.6 is 0 Å². The molecule has 0 radical (unpaired) electrons. The third kappa shape index (κ3) is 5.83. The molecule has 2 aromatic carbocycles. The van der Waals surface area contributed by atoms with Crippen LogP contribution < -0.4 is 20.4 Å². The van der Waals surface area contributed by atoms with E-state index in [1.165, 1.54) is 5.69 Å². The number of guanidine groups is 1. The maximum absolute atomic E-state index is 12.7. The molecule has 33 heavy (non-hydrogen) atoms. The van der Waals surface area contributed by atoms with Crippen LogP contribution in [-0.4, -0.2) is 69.0 Å². The zero-order valence-corrected chi connectivity index (χ0v) is 19.2. The Bertz CT molecular complexity index is 968. The van der Waals surface area contributed by atoms with Crippen molar-refractivity contribution in [2.24, 2.45) is 4.99 Å². The molecular formula is C25H32N6O2. The number of carbonyl (C=O) groups is 2. The number of nitrogens with zero attached hydrogens (tertiary/aromatic N) is 4. The number of piperazine rings is 1. The lowest BCUT2D eigenvalue weighted by molar-refractivity contribution is -0.130. The number of benzene rings is 2. The van der Waals surface area contributed by atoms with E-state index in [1.807, 2.05) is 52.3 Å². The van der Waals surface area contributed by atoms with Gasteiger partial charge in [0, 0.05) is 64.1 Å². The minimum absolute atomic E-state index is 0.0743. The standard InChI is InChI=1S/C25H32N6O2/c1-26-25(27-18-20-9-11-22(12-10-20)31-13-5-8-23(31)32)28-19-24(33)30-16-14-29(15-17-30)21-6-3-2-4-7-21/h2-4,6-7,9-12H,5,8,13-19H2,1H3,(H2,26,27,28). The zero-order valence-electron chi connectivity index (χ0n) is 19.2. The van der Waals surface area contributed by atoms with E-state index in [1.54, 1.807) is 7.05 Å². The summed E-state index contributed by atoms with van der Waals surface area (Å²) in [7, 11) is 1.69. The molecule has 2 aliphatic heterocycles. The van der Waals surface area contributed by atoms with E-state index in [2.05, 4.69) is 32.7 Å². The lowest BCUT2D eigenvalue weighted by Crippen LogP contribution is -2.52. The highest BCUT2D eigenvalue weighted by molar-refractivity contribution is 5.95. The van der Waals surface area contributed by atoms with Crippen molar-refractivity contribution in [2.75, 3.05) is 56.1 Å². The first kappa shape index (κ1) is 22.6. The zero-order chi connectivity index (χ0) is 23.0. The number of anilines is 2. The molecule has 0 bridgehead atoms. The number of aliphatic imine (C=N–C) groups is 1. The molecule has 174 valence electrons. The molecule has 4 rings (SSSR count). The van der Waals surface area contributed by atoms with Gasteiger partial charge in [0.1, 0.15) is 0 Å². The minimum Gasteiger partial charge on any atom is -0.368 e. The van der Waals surface area contributed by atoms with E-state index in [4.69, 9.17) is 0 Å². The van der Waals surface area contributed by atoms with Gasteiger partial charge in [-0.25, -0.2) is 0 Å². The van der Waals surface area contributed by atoms with Crippen LogP contribution in [0.3, 0.4) is 0 Å². The van der Waals surface area contributed by atoms with Crippen LogP contribution in [0.4, 0.5) is 11.4 Å². The van der Waals surface area contributed by atoms with Gasteiger partial charge < -0.3 is 25.3 Å². The van der Waals surface area contributed by atoms with Gasteiger partial charge in [0.25, 0.3) is 0 Å². The Balaban J connectivity index is 1.19. The van der Waals surface area contributed by atoms with Crippen LogP contribution in [0, 0.1) is 0 Å². The maximum atomic E-state index is 12.7. The molecule has 2 heterocycles. The number of amides is 2. The molecule has 0 atom stereocenters. The van der Waals surface area contributed by atoms with E-state index in [9.17, 15) is 9.59 Å². The Hall–Kier alpha value is -3.55. The van der Waals surface area contributed by atoms with Crippen LogP contribution in [0.5, 0.6) is 0 Å². The lowest BCUT2D eigenvalue weighted by atomic mass is 10.2. The molecular weight excluding hydrogens is 416 g/mol. The van der Waals surface area contributed by atoms with Gasteiger partial charge in [-0.3, -0.25) is 14.6 Å². The molecule has 8 heteroatoms. The summed E-state index contributed by atoms with van der Waals surface area (Å²) in [6.07, 6.45) is 1.55. The third-order valence-electron chi connectivity index (χ3n) is 6.17. The van der Waals surface area contributed by atoms with Crippen LogP contribution in [0.1, 0.15) is 18.4 Å². The molecule has 2 saturated heterocycles. The maximum Gasteiger partial charge on any atom is 0.242 e. The van der Waals surface area contributed by atoms with Crippen molar-refractivity contribution < 1.29 is 9.59 Å². The van der Waals surface area contributed by atoms with Gasteiger partial charge in [0.05, 0.1) is 6.54 Å². The second kappa shape index (κ2) is 10.8. The van der Waals surface area contributed by atoms with E-state index >= 15 is 0 Å². The van der Waals surface area contributed by atoms with Gasteiger partial charge >= 0.3 is 0 Å². The van der Waals surface area contributed by atoms with Gasteiger partial charge in [0.15, 0.2) is 5.96 Å². The second-order valence-corrected chi connectivity index (χ2v) is 8.30. The SMILES string of the molecule is CN=C(NCC(=O)N1CCN(c2ccccc2)CC1)NCc1ccc(N2CCCC2=O)cc1. The highest BCUT2D eigenvalue weighted by Gasteiger charge is 2.22. The normalized spacial score (nSPS) is 16.8.